The van der Waals surface area contributed by atoms with Crippen LogP contribution < -0.4 is 19.8 Å². The van der Waals surface area contributed by atoms with Crippen molar-refractivity contribution in [1.82, 2.24) is 0 Å². The van der Waals surface area contributed by atoms with Crippen molar-refractivity contribution in [2.45, 2.75) is 136 Å². The molecule has 4 aliphatic rings. The molecule has 0 radical (unpaired) electrons. The number of rotatable bonds is 11. The van der Waals surface area contributed by atoms with Gasteiger partial charge in [-0.25, -0.2) is 14.4 Å². The maximum absolute atomic E-state index is 14.7. The van der Waals surface area contributed by atoms with Crippen LogP contribution in [0, 0.1) is 5.92 Å². The van der Waals surface area contributed by atoms with Crippen molar-refractivity contribution in [2.75, 3.05) is 7.11 Å². The number of furan rings is 1. The number of ether oxygens (including phenoxy) is 4. The molecule has 13 heteroatoms. The minimum atomic E-state index is -2.16. The number of aromatic hydroxyl groups is 1. The second-order valence-corrected chi connectivity index (χ2v) is 19.3. The second-order valence-electron chi connectivity index (χ2n) is 19.3. The summed E-state index contributed by atoms with van der Waals surface area (Å²) in [5.41, 5.74) is -1.85. The van der Waals surface area contributed by atoms with Crippen LogP contribution in [0.5, 0.6) is 23.0 Å². The maximum Gasteiger partial charge on any atom is 0.340 e. The fraction of sp³-hybridized carbons (Fsp3) is 0.434. The van der Waals surface area contributed by atoms with E-state index < -0.39 is 46.0 Å². The van der Waals surface area contributed by atoms with Gasteiger partial charge in [0.15, 0.2) is 17.1 Å². The van der Waals surface area contributed by atoms with Crippen molar-refractivity contribution in [3.05, 3.63) is 110 Å². The number of carboxylic acid groups (broad SMARTS) is 2. The summed E-state index contributed by atoms with van der Waals surface area (Å²) in [7, 11) is 1.63. The van der Waals surface area contributed by atoms with Crippen LogP contribution in [-0.2, 0) is 20.7 Å². The first-order valence-electron chi connectivity index (χ1n) is 22.4. The predicted octanol–water partition coefficient (Wildman–Crippen LogP) is 11.2. The van der Waals surface area contributed by atoms with Crippen LogP contribution in [0.15, 0.2) is 90.6 Å². The van der Waals surface area contributed by atoms with Gasteiger partial charge in [-0.15, -0.1) is 0 Å². The molecule has 1 saturated heterocycles. The molecule has 350 valence electrons. The Morgan fingerprint density at radius 3 is 2.27 bits per heavy atom. The third-order valence-electron chi connectivity index (χ3n) is 13.2. The van der Waals surface area contributed by atoms with E-state index in [0.29, 0.717) is 53.7 Å². The van der Waals surface area contributed by atoms with E-state index >= 15 is 0 Å². The Bertz CT molecular complexity index is 2870. The summed E-state index contributed by atoms with van der Waals surface area (Å²) in [5.74, 6) is -1.76. The maximum atomic E-state index is 14.7. The summed E-state index contributed by atoms with van der Waals surface area (Å²) in [6.45, 7) is 19.0. The lowest BCUT2D eigenvalue weighted by molar-refractivity contribution is -0.184. The van der Waals surface area contributed by atoms with E-state index in [1.54, 1.807) is 45.2 Å². The highest BCUT2D eigenvalue weighted by Gasteiger charge is 2.77. The van der Waals surface area contributed by atoms with Gasteiger partial charge in [-0.2, -0.15) is 0 Å². The Balaban J connectivity index is 0.000000282. The van der Waals surface area contributed by atoms with E-state index in [2.05, 4.69) is 6.08 Å². The number of carbonyl (C=O) groups excluding carboxylic acids is 1. The molecule has 0 saturated carbocycles. The zero-order valence-corrected chi connectivity index (χ0v) is 39.6. The molecule has 0 bridgehead atoms. The largest absolute Gasteiger partial charge is 0.506 e. The lowest BCUT2D eigenvalue weighted by Crippen LogP contribution is -2.66. The number of phenols is 1. The fourth-order valence-electron chi connectivity index (χ4n) is 9.91. The van der Waals surface area contributed by atoms with Gasteiger partial charge < -0.3 is 43.1 Å². The summed E-state index contributed by atoms with van der Waals surface area (Å²) in [6, 6.07) is 6.80. The number of benzene rings is 2. The number of ketones is 1. The molecular weight excluding hydrogens is 845 g/mol. The van der Waals surface area contributed by atoms with E-state index in [9.17, 15) is 34.5 Å². The zero-order chi connectivity index (χ0) is 48.3. The Kier molecular flexibility index (Phi) is 12.6. The van der Waals surface area contributed by atoms with Crippen LogP contribution >= 0.6 is 0 Å². The Labute approximate surface area is 384 Å². The van der Waals surface area contributed by atoms with Crippen LogP contribution in [0.4, 0.5) is 0 Å². The van der Waals surface area contributed by atoms with E-state index in [4.69, 9.17) is 27.8 Å². The smallest absolute Gasteiger partial charge is 0.340 e. The topological polar surface area (TPSA) is 192 Å². The first kappa shape index (κ1) is 47.6. The second kappa shape index (κ2) is 17.5. The van der Waals surface area contributed by atoms with Crippen LogP contribution in [0.3, 0.4) is 0 Å². The number of aliphatic carboxylic acids is 2. The standard InChI is InChI=1S/C38H46O9.C15H14O4/c1-21(2)11-10-18-36(8)19-17-24-29(39)28-30(40)26-12-9-13-27-35(6,7)47-37(34(43)44,20-16-23(5)33(41)42)38(26,27)46-32(28)25(31(24)45-36)15-14-22(3)4;1-8(2)14-15(17-3)10-6-9-4-5-13(16)18-11(9)7-12(10)19-14/h11-12,14,16-17,19,27,39H,9-10,13,15,18,20H2,1-8H3,(H,41,42)(H,43,44);4-8H,1-3H3. The first-order valence-corrected chi connectivity index (χ1v) is 22.4. The molecule has 4 unspecified atom stereocenters. The summed E-state index contributed by atoms with van der Waals surface area (Å²) < 4.78 is 36.7. The van der Waals surface area contributed by atoms with E-state index in [-0.39, 0.29) is 46.2 Å². The molecule has 1 aliphatic carbocycles. The zero-order valence-electron chi connectivity index (χ0n) is 39.6. The lowest BCUT2D eigenvalue weighted by atomic mass is 9.60. The summed E-state index contributed by atoms with van der Waals surface area (Å²) in [6.07, 6.45) is 13.1. The van der Waals surface area contributed by atoms with Gasteiger partial charge in [0, 0.05) is 52.5 Å². The van der Waals surface area contributed by atoms with E-state index in [1.165, 1.54) is 24.6 Å². The van der Waals surface area contributed by atoms with Gasteiger partial charge in [0.1, 0.15) is 45.3 Å². The van der Waals surface area contributed by atoms with Crippen LogP contribution in [-0.4, -0.2) is 62.6 Å². The minimum absolute atomic E-state index is 0.0407. The number of Topliss-reactive ketones (excluding diaryl/α,β-unsaturated/α-hetero) is 1. The Hall–Kier alpha value is -6.34. The van der Waals surface area contributed by atoms with Crippen molar-refractivity contribution >= 4 is 45.7 Å². The number of phenolic OH excluding ortho intramolecular Hbond substituents is 1. The molecule has 3 N–H and O–H groups in total. The van der Waals surface area contributed by atoms with Crippen molar-refractivity contribution in [2.24, 2.45) is 5.92 Å². The molecule has 13 nitrogen and oxygen atoms in total. The normalized spacial score (nSPS) is 23.6. The molecule has 1 fully saturated rings. The van der Waals surface area contributed by atoms with Gasteiger partial charge in [-0.05, 0) is 112 Å². The van der Waals surface area contributed by atoms with Gasteiger partial charge in [0.05, 0.1) is 23.7 Å². The fourth-order valence-corrected chi connectivity index (χ4v) is 9.91. The molecule has 8 rings (SSSR count). The van der Waals surface area contributed by atoms with Crippen molar-refractivity contribution in [3.8, 4) is 23.0 Å². The predicted molar refractivity (Wildman–Crippen MR) is 251 cm³/mol. The number of allylic oxidation sites excluding steroid dienone is 5. The SMILES string of the molecule is CC(C)=CCCC1(C)C=Cc2c(O)c3c(c(CC=C(C)C)c2O1)OC12C(=CCCC1C(C)(C)OC2(CC=C(C)C(=O)O)C(=O)O)C3=O.COc1c(C(C)C)oc2cc3oc(=O)ccc3cc12. The molecule has 66 heavy (non-hydrogen) atoms. The van der Waals surface area contributed by atoms with Gasteiger partial charge >= 0.3 is 17.6 Å². The average molecular weight is 905 g/mol. The van der Waals surface area contributed by atoms with Crippen molar-refractivity contribution in [1.29, 1.82) is 0 Å². The highest BCUT2D eigenvalue weighted by molar-refractivity contribution is 6.17. The van der Waals surface area contributed by atoms with Gasteiger partial charge in [-0.3, -0.25) is 4.79 Å². The Morgan fingerprint density at radius 1 is 0.924 bits per heavy atom. The molecule has 4 atom stereocenters. The average Bonchev–Trinajstić information content (AvgIpc) is 3.70. The van der Waals surface area contributed by atoms with Crippen LogP contribution in [0.25, 0.3) is 28.0 Å². The molecule has 2 aromatic carbocycles. The molecular formula is C53H60O13. The quantitative estimate of drug-likeness (QED) is 0.0732. The molecule has 4 aromatic rings. The third-order valence-corrected chi connectivity index (χ3v) is 13.2. The molecule has 5 heterocycles. The highest BCUT2D eigenvalue weighted by atomic mass is 16.6. The molecule has 2 aromatic heterocycles. The van der Waals surface area contributed by atoms with Crippen LogP contribution in [0.1, 0.15) is 135 Å². The number of fused-ring (bicyclic) bond motifs is 4. The molecule has 1 spiro atoms. The molecule has 0 amide bonds. The number of hydrogen-bond donors (Lipinski definition) is 3. The van der Waals surface area contributed by atoms with Crippen LogP contribution in [0.2, 0.25) is 0 Å². The lowest BCUT2D eigenvalue weighted by Gasteiger charge is -2.50. The minimum Gasteiger partial charge on any atom is -0.506 e. The number of methoxy groups -OCH3 is 1. The van der Waals surface area contributed by atoms with E-state index in [0.717, 1.165) is 34.3 Å². The summed E-state index contributed by atoms with van der Waals surface area (Å²) in [5, 5.41) is 34.2. The highest BCUT2D eigenvalue weighted by Crippen LogP contribution is 2.64. The van der Waals surface area contributed by atoms with Gasteiger partial charge in [-0.1, -0.05) is 49.3 Å². The van der Waals surface area contributed by atoms with Gasteiger partial charge in [0.2, 0.25) is 5.60 Å². The number of carboxylic acids is 2. The van der Waals surface area contributed by atoms with Crippen molar-refractivity contribution in [3.63, 3.8) is 0 Å². The van der Waals surface area contributed by atoms with Gasteiger partial charge in [0.25, 0.3) is 0 Å². The number of carbonyl (C=O) groups is 3. The van der Waals surface area contributed by atoms with Crippen molar-refractivity contribution < 1.29 is 57.5 Å². The van der Waals surface area contributed by atoms with E-state index in [1.807, 2.05) is 66.7 Å². The Morgan fingerprint density at radius 2 is 1.64 bits per heavy atom. The number of hydrogen-bond acceptors (Lipinski definition) is 11. The monoisotopic (exact) mass is 904 g/mol. The molecule has 3 aliphatic heterocycles. The third kappa shape index (κ3) is 8.05. The first-order chi connectivity index (χ1) is 31.0. The summed E-state index contributed by atoms with van der Waals surface area (Å²) in [4.78, 5) is 51.3. The summed E-state index contributed by atoms with van der Waals surface area (Å²) >= 11 is 0.